The van der Waals surface area contributed by atoms with E-state index in [0.717, 1.165) is 5.56 Å². The number of carbonyl (C=O) groups excluding carboxylic acids is 2. The minimum Gasteiger partial charge on any atom is -0.493 e. The van der Waals surface area contributed by atoms with Crippen LogP contribution in [0.1, 0.15) is 12.0 Å². The molecule has 0 atom stereocenters. The van der Waals surface area contributed by atoms with Gasteiger partial charge in [0, 0.05) is 19.5 Å². The minimum atomic E-state index is -0.356. The first-order valence-electron chi connectivity index (χ1n) is 5.93. The summed E-state index contributed by atoms with van der Waals surface area (Å²) in [5.74, 6) is 1.03. The van der Waals surface area contributed by atoms with E-state index >= 15 is 0 Å². The molecule has 0 saturated carbocycles. The van der Waals surface area contributed by atoms with Gasteiger partial charge >= 0.3 is 6.03 Å². The fraction of sp³-hybridized carbons (Fsp3) is 0.385. The lowest BCUT2D eigenvalue weighted by Gasteiger charge is -2.26. The zero-order valence-corrected chi connectivity index (χ0v) is 10.9. The number of ether oxygens (including phenoxy) is 2. The number of nitrogens with one attached hydrogen (secondary N) is 1. The zero-order chi connectivity index (χ0) is 13.8. The summed E-state index contributed by atoms with van der Waals surface area (Å²) in [6.07, 6.45) is 0.332. The predicted octanol–water partition coefficient (Wildman–Crippen LogP) is 1.15. The molecule has 0 aromatic heterocycles. The Morgan fingerprint density at radius 1 is 1.21 bits per heavy atom. The van der Waals surface area contributed by atoms with Crippen molar-refractivity contribution in [3.05, 3.63) is 23.8 Å². The predicted molar refractivity (Wildman–Crippen MR) is 68.1 cm³/mol. The number of carbonyl (C=O) groups is 2. The maximum atomic E-state index is 11.6. The van der Waals surface area contributed by atoms with Crippen molar-refractivity contribution < 1.29 is 19.1 Å². The first-order valence-corrected chi connectivity index (χ1v) is 5.93. The number of hydrogen-bond donors (Lipinski definition) is 1. The minimum absolute atomic E-state index is 0.228. The number of hydrogen-bond acceptors (Lipinski definition) is 4. The van der Waals surface area contributed by atoms with Crippen molar-refractivity contribution in [3.63, 3.8) is 0 Å². The number of amides is 3. The molecule has 0 bridgehead atoms. The zero-order valence-electron chi connectivity index (χ0n) is 10.9. The van der Waals surface area contributed by atoms with E-state index in [1.165, 1.54) is 0 Å². The molecular weight excluding hydrogens is 248 g/mol. The summed E-state index contributed by atoms with van der Waals surface area (Å²) >= 11 is 0. The number of methoxy groups -OCH3 is 2. The van der Waals surface area contributed by atoms with Crippen LogP contribution in [0, 0.1) is 0 Å². The van der Waals surface area contributed by atoms with E-state index < -0.39 is 0 Å². The molecule has 0 radical (unpaired) electrons. The first-order chi connectivity index (χ1) is 9.13. The number of urea groups is 1. The van der Waals surface area contributed by atoms with Gasteiger partial charge in [-0.25, -0.2) is 4.79 Å². The largest absolute Gasteiger partial charge is 0.493 e. The highest BCUT2D eigenvalue weighted by Crippen LogP contribution is 2.28. The van der Waals surface area contributed by atoms with Crippen LogP contribution in [0.3, 0.4) is 0 Å². The maximum absolute atomic E-state index is 11.6. The van der Waals surface area contributed by atoms with E-state index in [4.69, 9.17) is 9.47 Å². The second kappa shape index (κ2) is 5.60. The molecule has 1 aromatic rings. The summed E-state index contributed by atoms with van der Waals surface area (Å²) in [7, 11) is 3.13. The maximum Gasteiger partial charge on any atom is 0.324 e. The second-order valence-electron chi connectivity index (χ2n) is 4.21. The van der Waals surface area contributed by atoms with Gasteiger partial charge in [-0.05, 0) is 17.7 Å². The van der Waals surface area contributed by atoms with Crippen molar-refractivity contribution in [2.75, 3.05) is 20.8 Å². The summed E-state index contributed by atoms with van der Waals surface area (Å²) in [6, 6.07) is 5.13. The van der Waals surface area contributed by atoms with E-state index in [1.807, 2.05) is 12.1 Å². The van der Waals surface area contributed by atoms with Gasteiger partial charge in [-0.3, -0.25) is 10.1 Å². The van der Waals surface area contributed by atoms with Crippen LogP contribution in [0.4, 0.5) is 4.79 Å². The van der Waals surface area contributed by atoms with Gasteiger partial charge in [-0.15, -0.1) is 0 Å². The molecule has 1 N–H and O–H groups in total. The second-order valence-corrected chi connectivity index (χ2v) is 4.21. The molecule has 1 aliphatic rings. The molecule has 1 aliphatic heterocycles. The van der Waals surface area contributed by atoms with Crippen LogP contribution in [-0.4, -0.2) is 37.6 Å². The number of rotatable bonds is 4. The number of nitrogens with zero attached hydrogens (tertiary/aromatic N) is 1. The summed E-state index contributed by atoms with van der Waals surface area (Å²) < 4.78 is 10.4. The Bertz CT molecular complexity index is 501. The number of benzene rings is 1. The molecule has 1 saturated heterocycles. The molecule has 102 valence electrons. The molecule has 19 heavy (non-hydrogen) atoms. The van der Waals surface area contributed by atoms with Crippen LogP contribution in [0.5, 0.6) is 11.5 Å². The van der Waals surface area contributed by atoms with Gasteiger partial charge in [0.15, 0.2) is 11.5 Å². The molecule has 1 fully saturated rings. The van der Waals surface area contributed by atoms with Crippen LogP contribution in [0.25, 0.3) is 0 Å². The fourth-order valence-electron chi connectivity index (χ4n) is 1.95. The van der Waals surface area contributed by atoms with Crippen molar-refractivity contribution in [1.82, 2.24) is 10.2 Å². The van der Waals surface area contributed by atoms with Gasteiger partial charge in [0.05, 0.1) is 14.2 Å². The van der Waals surface area contributed by atoms with Crippen LogP contribution in [0.15, 0.2) is 18.2 Å². The Morgan fingerprint density at radius 2 is 1.95 bits per heavy atom. The van der Waals surface area contributed by atoms with E-state index in [-0.39, 0.29) is 11.9 Å². The summed E-state index contributed by atoms with van der Waals surface area (Å²) in [5, 5.41) is 2.29. The number of imide groups is 1. The van der Waals surface area contributed by atoms with Crippen molar-refractivity contribution >= 4 is 11.9 Å². The topological polar surface area (TPSA) is 67.9 Å². The lowest BCUT2D eigenvalue weighted by Crippen LogP contribution is -2.48. The SMILES string of the molecule is COc1ccc(CN2CCC(=O)NC2=O)cc1OC. The molecule has 6 nitrogen and oxygen atoms in total. The molecule has 1 heterocycles. The van der Waals surface area contributed by atoms with Crippen LogP contribution in [-0.2, 0) is 11.3 Å². The molecule has 2 rings (SSSR count). The molecule has 0 unspecified atom stereocenters. The smallest absolute Gasteiger partial charge is 0.324 e. The highest BCUT2D eigenvalue weighted by atomic mass is 16.5. The highest BCUT2D eigenvalue weighted by Gasteiger charge is 2.23. The van der Waals surface area contributed by atoms with Gasteiger partial charge in [0.25, 0.3) is 0 Å². The molecule has 1 aromatic carbocycles. The van der Waals surface area contributed by atoms with Crippen molar-refractivity contribution in [3.8, 4) is 11.5 Å². The van der Waals surface area contributed by atoms with Gasteiger partial charge in [-0.2, -0.15) is 0 Å². The standard InChI is InChI=1S/C13H16N2O4/c1-18-10-4-3-9(7-11(10)19-2)8-15-6-5-12(16)14-13(15)17/h3-4,7H,5-6,8H2,1-2H3,(H,14,16,17). The molecular formula is C13H16N2O4. The third-order valence-electron chi connectivity index (χ3n) is 2.96. The van der Waals surface area contributed by atoms with Crippen LogP contribution < -0.4 is 14.8 Å². The van der Waals surface area contributed by atoms with Crippen molar-refractivity contribution in [2.45, 2.75) is 13.0 Å². The Kier molecular flexibility index (Phi) is 3.89. The first kappa shape index (κ1) is 13.2. The Labute approximate surface area is 111 Å². The third kappa shape index (κ3) is 2.96. The van der Waals surface area contributed by atoms with Crippen molar-refractivity contribution in [1.29, 1.82) is 0 Å². The Hall–Kier alpha value is -2.24. The van der Waals surface area contributed by atoms with Crippen LogP contribution >= 0.6 is 0 Å². The average molecular weight is 264 g/mol. The third-order valence-corrected chi connectivity index (χ3v) is 2.96. The Morgan fingerprint density at radius 3 is 2.58 bits per heavy atom. The van der Waals surface area contributed by atoms with E-state index in [9.17, 15) is 9.59 Å². The van der Waals surface area contributed by atoms with Crippen molar-refractivity contribution in [2.24, 2.45) is 0 Å². The van der Waals surface area contributed by atoms with E-state index in [0.29, 0.717) is 31.0 Å². The summed E-state index contributed by atoms with van der Waals surface area (Å²) in [5.41, 5.74) is 0.919. The average Bonchev–Trinajstić information content (AvgIpc) is 2.41. The normalized spacial score (nSPS) is 15.2. The van der Waals surface area contributed by atoms with Gasteiger partial charge in [0.1, 0.15) is 0 Å². The Balaban J connectivity index is 2.11. The molecule has 6 heteroatoms. The monoisotopic (exact) mass is 264 g/mol. The molecule has 3 amide bonds. The van der Waals surface area contributed by atoms with Gasteiger partial charge in [0.2, 0.25) is 5.91 Å². The fourth-order valence-corrected chi connectivity index (χ4v) is 1.95. The summed E-state index contributed by atoms with van der Waals surface area (Å²) in [4.78, 5) is 24.3. The van der Waals surface area contributed by atoms with E-state index in [2.05, 4.69) is 5.32 Å². The van der Waals surface area contributed by atoms with Crippen LogP contribution in [0.2, 0.25) is 0 Å². The summed E-state index contributed by atoms with van der Waals surface area (Å²) in [6.45, 7) is 0.860. The lowest BCUT2D eigenvalue weighted by atomic mass is 10.1. The molecule has 0 spiro atoms. The molecule has 0 aliphatic carbocycles. The van der Waals surface area contributed by atoms with E-state index in [1.54, 1.807) is 25.2 Å². The van der Waals surface area contributed by atoms with Gasteiger partial charge in [-0.1, -0.05) is 6.07 Å². The highest BCUT2D eigenvalue weighted by molar-refractivity contribution is 5.96. The quantitative estimate of drug-likeness (QED) is 0.885. The van der Waals surface area contributed by atoms with Gasteiger partial charge < -0.3 is 14.4 Å². The lowest BCUT2D eigenvalue weighted by molar-refractivity contribution is -0.121.